The van der Waals surface area contributed by atoms with Crippen molar-refractivity contribution >= 4 is 23.2 Å². The molecule has 1 amide bonds. The molecule has 34 heavy (non-hydrogen) atoms. The molecule has 1 aromatic carbocycles. The molecule has 3 aliphatic carbocycles. The van der Waals surface area contributed by atoms with Gasteiger partial charge in [0.15, 0.2) is 11.4 Å². The fourth-order valence-corrected chi connectivity index (χ4v) is 6.40. The monoisotopic (exact) mass is 469 g/mol. The van der Waals surface area contributed by atoms with Gasteiger partial charge in [-0.1, -0.05) is 39.7 Å². The average molecular weight is 470 g/mol. The fourth-order valence-electron chi connectivity index (χ4n) is 6.40. The molecule has 0 aliphatic heterocycles. The van der Waals surface area contributed by atoms with Crippen LogP contribution in [0.1, 0.15) is 69.6 Å². The van der Waals surface area contributed by atoms with Crippen molar-refractivity contribution in [1.29, 1.82) is 0 Å². The van der Waals surface area contributed by atoms with Crippen LogP contribution in [-0.2, 0) is 27.2 Å². The minimum atomic E-state index is -2.61. The Kier molecular flexibility index (Phi) is 5.44. The second-order valence-electron chi connectivity index (χ2n) is 10.5. The second-order valence-corrected chi connectivity index (χ2v) is 10.5. The Hall–Kier alpha value is -3.13. The number of primary amides is 1. The standard InChI is InChI=1S/C26H31NO7/c1-4-5-6-7-13-8-9-15(28)17-14(13)10-24(2)12-25(3)11-16(29)18(23(27)33)21(31)26(25,34)22(32)19(24)20(17)30/h8-9,28,30-31,34H,4-7,10-12H2,1-3H3,(H2,27,33)/t24-,25+,26+/m1/s1. The van der Waals surface area contributed by atoms with Gasteiger partial charge < -0.3 is 26.2 Å². The molecule has 3 aliphatic rings. The van der Waals surface area contributed by atoms with Crippen LogP contribution in [0.3, 0.4) is 0 Å². The second kappa shape index (κ2) is 7.70. The molecule has 1 aromatic rings. The summed E-state index contributed by atoms with van der Waals surface area (Å²) in [6.07, 6.45) is 3.76. The van der Waals surface area contributed by atoms with Crippen LogP contribution in [0.5, 0.6) is 5.75 Å². The number of phenols is 1. The average Bonchev–Trinajstić information content (AvgIpc) is 2.72. The van der Waals surface area contributed by atoms with Gasteiger partial charge in [-0.3, -0.25) is 14.4 Å². The number of hydrogen-bond acceptors (Lipinski definition) is 7. The summed E-state index contributed by atoms with van der Waals surface area (Å²) in [6.45, 7) is 5.40. The number of ketones is 2. The molecule has 1 fully saturated rings. The van der Waals surface area contributed by atoms with E-state index in [1.807, 2.05) is 6.07 Å². The van der Waals surface area contributed by atoms with E-state index in [9.17, 15) is 34.8 Å². The number of Topliss-reactive ketones (excluding diaryl/α,β-unsaturated/α-hetero) is 2. The van der Waals surface area contributed by atoms with Crippen molar-refractivity contribution in [2.45, 2.75) is 71.3 Å². The zero-order valence-corrected chi connectivity index (χ0v) is 19.7. The Balaban J connectivity index is 1.95. The third-order valence-electron chi connectivity index (χ3n) is 7.95. The summed E-state index contributed by atoms with van der Waals surface area (Å²) in [5.74, 6) is -4.68. The number of aryl methyl sites for hydroxylation is 1. The molecule has 0 bridgehead atoms. The molecule has 8 heteroatoms. The molecule has 8 nitrogen and oxygen atoms in total. The highest BCUT2D eigenvalue weighted by Gasteiger charge is 2.68. The first-order chi connectivity index (χ1) is 15.8. The third-order valence-corrected chi connectivity index (χ3v) is 7.95. The summed E-state index contributed by atoms with van der Waals surface area (Å²) in [5.41, 5.74) is 1.15. The van der Waals surface area contributed by atoms with E-state index in [0.29, 0.717) is 6.42 Å². The highest BCUT2D eigenvalue weighted by molar-refractivity contribution is 6.23. The minimum absolute atomic E-state index is 0.0764. The quantitative estimate of drug-likeness (QED) is 0.327. The van der Waals surface area contributed by atoms with Crippen LogP contribution in [0.15, 0.2) is 29.0 Å². The number of amides is 1. The lowest BCUT2D eigenvalue weighted by molar-refractivity contribution is -0.165. The summed E-state index contributed by atoms with van der Waals surface area (Å²) < 4.78 is 0. The lowest BCUT2D eigenvalue weighted by atomic mass is 9.47. The third kappa shape index (κ3) is 3.04. The lowest BCUT2D eigenvalue weighted by Gasteiger charge is -2.56. The lowest BCUT2D eigenvalue weighted by Crippen LogP contribution is -2.65. The van der Waals surface area contributed by atoms with Gasteiger partial charge in [0.1, 0.15) is 22.8 Å². The highest BCUT2D eigenvalue weighted by atomic mass is 16.3. The van der Waals surface area contributed by atoms with Crippen LogP contribution >= 0.6 is 0 Å². The number of hydrogen-bond donors (Lipinski definition) is 5. The van der Waals surface area contributed by atoms with E-state index in [4.69, 9.17) is 5.73 Å². The zero-order chi connectivity index (χ0) is 25.2. The van der Waals surface area contributed by atoms with Crippen molar-refractivity contribution in [2.24, 2.45) is 16.6 Å². The number of aliphatic hydroxyl groups is 3. The Labute approximate surface area is 197 Å². The maximum absolute atomic E-state index is 13.8. The minimum Gasteiger partial charge on any atom is -0.508 e. The van der Waals surface area contributed by atoms with E-state index in [1.165, 1.54) is 13.0 Å². The van der Waals surface area contributed by atoms with Crippen LogP contribution in [0, 0.1) is 10.8 Å². The van der Waals surface area contributed by atoms with Gasteiger partial charge in [0, 0.05) is 22.8 Å². The molecular formula is C26H31NO7. The molecule has 6 N–H and O–H groups in total. The van der Waals surface area contributed by atoms with E-state index in [1.54, 1.807) is 6.92 Å². The van der Waals surface area contributed by atoms with Crippen molar-refractivity contribution in [3.63, 3.8) is 0 Å². The van der Waals surface area contributed by atoms with Gasteiger partial charge in [0.05, 0.1) is 5.56 Å². The first-order valence-corrected chi connectivity index (χ1v) is 11.6. The van der Waals surface area contributed by atoms with Gasteiger partial charge in [-0.05, 0) is 42.9 Å². The number of phenolic OH excluding ortho intramolecular Hbond substituents is 1. The number of fused-ring (bicyclic) bond motifs is 3. The Morgan fingerprint density at radius 3 is 2.38 bits per heavy atom. The maximum Gasteiger partial charge on any atom is 0.255 e. The highest BCUT2D eigenvalue weighted by Crippen LogP contribution is 2.62. The first kappa shape index (κ1) is 24.0. The number of aliphatic hydroxyl groups excluding tert-OH is 2. The molecular weight excluding hydrogens is 438 g/mol. The SMILES string of the molecule is CCCCCc1ccc(O)c2c1C[C@]1(C)C[C@]3(C)CC(=O)C(C(N)=O)=C(O)[C@]3(O)C(=O)C1=C2O. The van der Waals surface area contributed by atoms with Gasteiger partial charge in [-0.15, -0.1) is 0 Å². The van der Waals surface area contributed by atoms with Crippen LogP contribution in [0.25, 0.3) is 5.76 Å². The normalized spacial score (nSPS) is 30.7. The molecule has 1 saturated carbocycles. The molecule has 3 atom stereocenters. The van der Waals surface area contributed by atoms with Gasteiger partial charge in [0.2, 0.25) is 5.78 Å². The summed E-state index contributed by atoms with van der Waals surface area (Å²) in [4.78, 5) is 38.4. The Morgan fingerprint density at radius 1 is 1.09 bits per heavy atom. The molecule has 0 spiro atoms. The molecule has 0 heterocycles. The van der Waals surface area contributed by atoms with Crippen LogP contribution in [0.2, 0.25) is 0 Å². The largest absolute Gasteiger partial charge is 0.508 e. The number of unbranched alkanes of at least 4 members (excludes halogenated alkanes) is 2. The van der Waals surface area contributed by atoms with Crippen molar-refractivity contribution in [2.75, 3.05) is 0 Å². The van der Waals surface area contributed by atoms with Crippen LogP contribution < -0.4 is 5.73 Å². The van der Waals surface area contributed by atoms with Crippen molar-refractivity contribution in [3.8, 4) is 5.75 Å². The van der Waals surface area contributed by atoms with Crippen molar-refractivity contribution < 1.29 is 34.8 Å². The van der Waals surface area contributed by atoms with Gasteiger partial charge in [-0.2, -0.15) is 0 Å². The number of aromatic hydroxyl groups is 1. The topological polar surface area (TPSA) is 158 Å². The van der Waals surface area contributed by atoms with Gasteiger partial charge in [0.25, 0.3) is 5.91 Å². The summed E-state index contributed by atoms with van der Waals surface area (Å²) in [5, 5.41) is 44.3. The summed E-state index contributed by atoms with van der Waals surface area (Å²) >= 11 is 0. The van der Waals surface area contributed by atoms with E-state index < -0.39 is 51.0 Å². The van der Waals surface area contributed by atoms with Gasteiger partial charge >= 0.3 is 0 Å². The smallest absolute Gasteiger partial charge is 0.255 e. The Morgan fingerprint density at radius 2 is 1.76 bits per heavy atom. The zero-order valence-electron chi connectivity index (χ0n) is 19.7. The van der Waals surface area contributed by atoms with Gasteiger partial charge in [-0.25, -0.2) is 0 Å². The maximum atomic E-state index is 13.8. The summed E-state index contributed by atoms with van der Waals surface area (Å²) in [6, 6.07) is 3.31. The number of carbonyl (C=O) groups excluding carboxylic acids is 3. The predicted molar refractivity (Wildman–Crippen MR) is 124 cm³/mol. The molecule has 0 aromatic heterocycles. The fraction of sp³-hybridized carbons (Fsp3) is 0.500. The molecule has 4 rings (SSSR count). The molecule has 0 radical (unpaired) electrons. The Bertz CT molecular complexity index is 1200. The van der Waals surface area contributed by atoms with E-state index >= 15 is 0 Å². The molecule has 0 saturated heterocycles. The van der Waals surface area contributed by atoms with Crippen LogP contribution in [0.4, 0.5) is 0 Å². The molecule has 182 valence electrons. The predicted octanol–water partition coefficient (Wildman–Crippen LogP) is 2.94. The summed E-state index contributed by atoms with van der Waals surface area (Å²) in [7, 11) is 0. The van der Waals surface area contributed by atoms with E-state index in [0.717, 1.165) is 36.8 Å². The number of nitrogens with two attached hydrogens (primary N) is 1. The first-order valence-electron chi connectivity index (χ1n) is 11.6. The van der Waals surface area contributed by atoms with Crippen molar-refractivity contribution in [1.82, 2.24) is 0 Å². The molecule has 0 unspecified atom stereocenters. The van der Waals surface area contributed by atoms with Crippen molar-refractivity contribution in [3.05, 3.63) is 45.7 Å². The number of carbonyl (C=O) groups is 3. The van der Waals surface area contributed by atoms with Crippen LogP contribution in [-0.4, -0.2) is 43.5 Å². The van der Waals surface area contributed by atoms with E-state index in [-0.39, 0.29) is 29.7 Å². The van der Waals surface area contributed by atoms with E-state index in [2.05, 4.69) is 6.92 Å². The number of rotatable bonds is 5. The number of benzene rings is 1.